The van der Waals surface area contributed by atoms with Crippen molar-refractivity contribution in [2.75, 3.05) is 12.3 Å². The predicted octanol–water partition coefficient (Wildman–Crippen LogP) is 2.73. The van der Waals surface area contributed by atoms with Gasteiger partial charge in [-0.1, -0.05) is 30.0 Å². The van der Waals surface area contributed by atoms with Crippen molar-refractivity contribution in [3.63, 3.8) is 0 Å². The second kappa shape index (κ2) is 5.73. The smallest absolute Gasteiger partial charge is 0.203 e. The van der Waals surface area contributed by atoms with Crippen molar-refractivity contribution in [3.8, 4) is 0 Å². The number of allylic oxidation sites excluding steroid dienone is 1. The van der Waals surface area contributed by atoms with Crippen LogP contribution < -0.4 is 11.5 Å². The zero-order valence-corrected chi connectivity index (χ0v) is 13.1. The quantitative estimate of drug-likeness (QED) is 0.896. The Labute approximate surface area is 126 Å². The van der Waals surface area contributed by atoms with Gasteiger partial charge in [-0.15, -0.1) is 10.2 Å². The molecule has 1 saturated carbocycles. The van der Waals surface area contributed by atoms with Crippen LogP contribution in [-0.2, 0) is 0 Å². The first-order chi connectivity index (χ1) is 9.67. The molecule has 0 radical (unpaired) electrons. The fourth-order valence-corrected chi connectivity index (χ4v) is 4.83. The molecule has 7 heteroatoms. The zero-order chi connectivity index (χ0) is 14.1. The van der Waals surface area contributed by atoms with E-state index in [4.69, 9.17) is 11.5 Å². The third-order valence-corrected chi connectivity index (χ3v) is 6.12. The monoisotopic (exact) mass is 309 g/mol. The summed E-state index contributed by atoms with van der Waals surface area (Å²) in [6, 6.07) is 0. The lowest BCUT2D eigenvalue weighted by Crippen LogP contribution is -2.16. The Morgan fingerprint density at radius 2 is 2.00 bits per heavy atom. The van der Waals surface area contributed by atoms with Crippen molar-refractivity contribution in [3.05, 3.63) is 15.5 Å². The molecule has 0 bridgehead atoms. The summed E-state index contributed by atoms with van der Waals surface area (Å²) in [6.45, 7) is 2.97. The van der Waals surface area contributed by atoms with Crippen molar-refractivity contribution >= 4 is 33.4 Å². The van der Waals surface area contributed by atoms with Crippen molar-refractivity contribution < 1.29 is 0 Å². The van der Waals surface area contributed by atoms with Crippen LogP contribution >= 0.6 is 23.1 Å². The SMILES string of the molecule is CCC1=C(C2CCC(c3nnc(N)s3)C2)SC(N)=NC1. The van der Waals surface area contributed by atoms with Crippen LogP contribution in [-0.4, -0.2) is 21.9 Å². The van der Waals surface area contributed by atoms with Crippen molar-refractivity contribution in [2.45, 2.75) is 38.5 Å². The topological polar surface area (TPSA) is 90.2 Å². The molecule has 3 rings (SSSR count). The third-order valence-electron chi connectivity index (χ3n) is 4.02. The van der Waals surface area contributed by atoms with Gasteiger partial charge in [0, 0.05) is 5.92 Å². The molecule has 1 aliphatic heterocycles. The van der Waals surface area contributed by atoms with Crippen molar-refractivity contribution in [1.29, 1.82) is 0 Å². The van der Waals surface area contributed by atoms with E-state index in [1.54, 1.807) is 11.8 Å². The first-order valence-electron chi connectivity index (χ1n) is 6.96. The minimum Gasteiger partial charge on any atom is -0.378 e. The molecule has 2 aliphatic rings. The average Bonchev–Trinajstić information content (AvgIpc) is 3.07. The maximum atomic E-state index is 5.90. The molecule has 4 N–H and O–H groups in total. The number of hydrogen-bond acceptors (Lipinski definition) is 7. The van der Waals surface area contributed by atoms with E-state index >= 15 is 0 Å². The summed E-state index contributed by atoms with van der Waals surface area (Å²) in [7, 11) is 0. The Hall–Kier alpha value is -1.08. The highest BCUT2D eigenvalue weighted by atomic mass is 32.2. The van der Waals surface area contributed by atoms with Gasteiger partial charge in [0.1, 0.15) is 5.01 Å². The number of nitrogens with zero attached hydrogens (tertiary/aromatic N) is 3. The van der Waals surface area contributed by atoms with Gasteiger partial charge >= 0.3 is 0 Å². The third kappa shape index (κ3) is 2.69. The van der Waals surface area contributed by atoms with Crippen LogP contribution in [0.25, 0.3) is 0 Å². The number of rotatable bonds is 3. The van der Waals surface area contributed by atoms with Crippen LogP contribution in [0, 0.1) is 5.92 Å². The van der Waals surface area contributed by atoms with Crippen molar-refractivity contribution in [1.82, 2.24) is 10.2 Å². The van der Waals surface area contributed by atoms with E-state index < -0.39 is 0 Å². The van der Waals surface area contributed by atoms with Crippen molar-refractivity contribution in [2.24, 2.45) is 16.6 Å². The number of thioether (sulfide) groups is 1. The molecule has 0 spiro atoms. The number of aliphatic imine (C=N–C) groups is 1. The van der Waals surface area contributed by atoms with Crippen LogP contribution in [0.15, 0.2) is 15.5 Å². The molecule has 20 heavy (non-hydrogen) atoms. The lowest BCUT2D eigenvalue weighted by atomic mass is 10.0. The lowest BCUT2D eigenvalue weighted by Gasteiger charge is -2.22. The lowest BCUT2D eigenvalue weighted by molar-refractivity contribution is 0.637. The van der Waals surface area contributed by atoms with E-state index in [1.807, 2.05) is 0 Å². The van der Waals surface area contributed by atoms with E-state index in [-0.39, 0.29) is 0 Å². The molecule has 2 unspecified atom stereocenters. The molecule has 2 atom stereocenters. The molecule has 0 saturated heterocycles. The summed E-state index contributed by atoms with van der Waals surface area (Å²) < 4.78 is 0. The Bertz CT molecular complexity index is 563. The largest absolute Gasteiger partial charge is 0.378 e. The molecule has 0 amide bonds. The first kappa shape index (κ1) is 13.9. The first-order valence-corrected chi connectivity index (χ1v) is 8.59. The highest BCUT2D eigenvalue weighted by Gasteiger charge is 2.33. The van der Waals surface area contributed by atoms with Gasteiger partial charge in [-0.05, 0) is 42.1 Å². The molecule has 1 aliphatic carbocycles. The van der Waals surface area contributed by atoms with Crippen LogP contribution in [0.3, 0.4) is 0 Å². The summed E-state index contributed by atoms with van der Waals surface area (Å²) >= 11 is 3.19. The Kier molecular flexibility index (Phi) is 3.98. The number of hydrogen-bond donors (Lipinski definition) is 2. The van der Waals surface area contributed by atoms with E-state index in [0.717, 1.165) is 30.8 Å². The summed E-state index contributed by atoms with van der Waals surface area (Å²) in [5.41, 5.74) is 13.0. The summed E-state index contributed by atoms with van der Waals surface area (Å²) in [5, 5.41) is 10.5. The molecular weight excluding hydrogens is 290 g/mol. The number of nitrogen functional groups attached to an aromatic ring is 1. The maximum Gasteiger partial charge on any atom is 0.203 e. The minimum atomic E-state index is 0.501. The van der Waals surface area contributed by atoms with Gasteiger partial charge in [-0.25, -0.2) is 0 Å². The molecule has 5 nitrogen and oxygen atoms in total. The maximum absolute atomic E-state index is 5.90. The average molecular weight is 309 g/mol. The molecule has 0 aromatic carbocycles. The summed E-state index contributed by atoms with van der Waals surface area (Å²) in [5.74, 6) is 1.10. The molecular formula is C13H19N5S2. The second-order valence-corrected chi connectivity index (χ2v) is 7.37. The number of amidine groups is 1. The van der Waals surface area contributed by atoms with E-state index in [2.05, 4.69) is 22.1 Å². The molecule has 1 aromatic rings. The number of aromatic nitrogens is 2. The second-order valence-electron chi connectivity index (χ2n) is 5.26. The van der Waals surface area contributed by atoms with Gasteiger partial charge < -0.3 is 11.5 Å². The zero-order valence-electron chi connectivity index (χ0n) is 11.5. The van der Waals surface area contributed by atoms with E-state index in [0.29, 0.717) is 22.1 Å². The van der Waals surface area contributed by atoms with Crippen LogP contribution in [0.4, 0.5) is 5.13 Å². The van der Waals surface area contributed by atoms with Gasteiger partial charge in [-0.2, -0.15) is 0 Å². The molecule has 2 heterocycles. The van der Waals surface area contributed by atoms with Gasteiger partial charge in [0.2, 0.25) is 5.13 Å². The van der Waals surface area contributed by atoms with Gasteiger partial charge in [-0.3, -0.25) is 4.99 Å². The van der Waals surface area contributed by atoms with Gasteiger partial charge in [0.05, 0.1) is 6.54 Å². The minimum absolute atomic E-state index is 0.501. The fourth-order valence-electron chi connectivity index (χ4n) is 2.98. The molecule has 1 fully saturated rings. The normalized spacial score (nSPS) is 26.9. The van der Waals surface area contributed by atoms with Crippen LogP contribution in [0.1, 0.15) is 43.5 Å². The van der Waals surface area contributed by atoms with E-state index in [1.165, 1.54) is 28.2 Å². The standard InChI is InChI=1S/C13H19N5S2/c1-2-7-6-16-12(14)19-10(7)8-3-4-9(5-8)11-17-18-13(15)20-11/h8-9H,2-6H2,1H3,(H2,14,16)(H2,15,18). The Morgan fingerprint density at radius 3 is 2.70 bits per heavy atom. The number of anilines is 1. The van der Waals surface area contributed by atoms with Gasteiger partial charge in [0.25, 0.3) is 0 Å². The molecule has 1 aromatic heterocycles. The molecule has 108 valence electrons. The Morgan fingerprint density at radius 1 is 1.20 bits per heavy atom. The van der Waals surface area contributed by atoms with Crippen LogP contribution in [0.2, 0.25) is 0 Å². The fraction of sp³-hybridized carbons (Fsp3) is 0.615. The number of nitrogens with two attached hydrogens (primary N) is 2. The highest BCUT2D eigenvalue weighted by Crippen LogP contribution is 2.47. The van der Waals surface area contributed by atoms with Gasteiger partial charge in [0.15, 0.2) is 5.17 Å². The highest BCUT2D eigenvalue weighted by molar-refractivity contribution is 8.17. The van der Waals surface area contributed by atoms with E-state index in [9.17, 15) is 0 Å². The Balaban J connectivity index is 1.74. The summed E-state index contributed by atoms with van der Waals surface area (Å²) in [4.78, 5) is 5.81. The predicted molar refractivity (Wildman–Crippen MR) is 85.8 cm³/mol. The van der Waals surface area contributed by atoms with Crippen LogP contribution in [0.5, 0.6) is 0 Å². The summed E-state index contributed by atoms with van der Waals surface area (Å²) in [6.07, 6.45) is 4.56.